The largest absolute Gasteiger partial charge is 0.389 e. The van der Waals surface area contributed by atoms with Gasteiger partial charge in [0, 0.05) is 20.1 Å². The topological polar surface area (TPSA) is 69.6 Å². The maximum Gasteiger partial charge on any atom is 0.279 e. The highest BCUT2D eigenvalue weighted by Crippen LogP contribution is 2.31. The van der Waals surface area contributed by atoms with Crippen LogP contribution in [0.4, 0.5) is 0 Å². The summed E-state index contributed by atoms with van der Waals surface area (Å²) in [6, 6.07) is 0. The van der Waals surface area contributed by atoms with Gasteiger partial charge in [-0.3, -0.25) is 0 Å². The molecule has 1 aliphatic carbocycles. The SMILES string of the molecule is CCCCN(C)S(=O)(=O)NCC1(O)CCC(C)CC1. The average Bonchev–Trinajstić information content (AvgIpc) is 2.38. The number of hydrogen-bond donors (Lipinski definition) is 2. The second-order valence-electron chi connectivity index (χ2n) is 5.91. The molecule has 0 aromatic rings. The van der Waals surface area contributed by atoms with Gasteiger partial charge in [-0.05, 0) is 38.0 Å². The molecule has 0 saturated heterocycles. The van der Waals surface area contributed by atoms with Crippen molar-refractivity contribution in [2.45, 2.75) is 58.0 Å². The van der Waals surface area contributed by atoms with Gasteiger partial charge in [0.15, 0.2) is 0 Å². The number of hydrogen-bond acceptors (Lipinski definition) is 3. The molecular weight excluding hydrogens is 264 g/mol. The van der Waals surface area contributed by atoms with E-state index in [1.54, 1.807) is 7.05 Å². The minimum atomic E-state index is -3.46. The van der Waals surface area contributed by atoms with Crippen LogP contribution in [-0.4, -0.2) is 43.6 Å². The number of nitrogens with one attached hydrogen (secondary N) is 1. The monoisotopic (exact) mass is 292 g/mol. The molecule has 1 fully saturated rings. The summed E-state index contributed by atoms with van der Waals surface area (Å²) in [5.74, 6) is 0.629. The molecule has 19 heavy (non-hydrogen) atoms. The third kappa shape index (κ3) is 5.38. The van der Waals surface area contributed by atoms with E-state index in [9.17, 15) is 13.5 Å². The minimum Gasteiger partial charge on any atom is -0.389 e. The van der Waals surface area contributed by atoms with Crippen LogP contribution in [0.15, 0.2) is 0 Å². The number of nitrogens with zero attached hydrogens (tertiary/aromatic N) is 1. The Bertz CT molecular complexity index is 362. The third-order valence-corrected chi connectivity index (χ3v) is 5.54. The van der Waals surface area contributed by atoms with Crippen molar-refractivity contribution in [3.63, 3.8) is 0 Å². The molecule has 0 aromatic heterocycles. The molecule has 5 nitrogen and oxygen atoms in total. The van der Waals surface area contributed by atoms with Crippen LogP contribution in [0.25, 0.3) is 0 Å². The first-order valence-electron chi connectivity index (χ1n) is 7.22. The summed E-state index contributed by atoms with van der Waals surface area (Å²) in [7, 11) is -1.89. The van der Waals surface area contributed by atoms with Gasteiger partial charge < -0.3 is 5.11 Å². The second kappa shape index (κ2) is 7.02. The molecule has 0 aliphatic heterocycles. The van der Waals surface area contributed by atoms with Crippen LogP contribution in [0.2, 0.25) is 0 Å². The van der Waals surface area contributed by atoms with E-state index in [1.165, 1.54) is 4.31 Å². The Morgan fingerprint density at radius 3 is 2.47 bits per heavy atom. The van der Waals surface area contributed by atoms with E-state index in [0.29, 0.717) is 25.3 Å². The van der Waals surface area contributed by atoms with Crippen molar-refractivity contribution in [1.82, 2.24) is 9.03 Å². The van der Waals surface area contributed by atoms with E-state index in [1.807, 2.05) is 6.92 Å². The maximum atomic E-state index is 12.0. The zero-order chi connectivity index (χ0) is 14.5. The summed E-state index contributed by atoms with van der Waals surface area (Å²) in [5, 5.41) is 10.4. The van der Waals surface area contributed by atoms with Crippen LogP contribution in [-0.2, 0) is 10.2 Å². The van der Waals surface area contributed by atoms with E-state index < -0.39 is 15.8 Å². The molecule has 1 saturated carbocycles. The Hall–Kier alpha value is -0.170. The molecule has 0 radical (unpaired) electrons. The molecule has 2 N–H and O–H groups in total. The lowest BCUT2D eigenvalue weighted by atomic mass is 9.80. The molecule has 1 rings (SSSR count). The first-order valence-corrected chi connectivity index (χ1v) is 8.66. The maximum absolute atomic E-state index is 12.0. The fourth-order valence-corrected chi connectivity index (χ4v) is 3.35. The van der Waals surface area contributed by atoms with Gasteiger partial charge in [-0.25, -0.2) is 0 Å². The number of aliphatic hydroxyl groups is 1. The van der Waals surface area contributed by atoms with Gasteiger partial charge in [0.05, 0.1) is 5.60 Å². The number of unbranched alkanes of at least 4 members (excludes halogenated alkanes) is 1. The Kier molecular flexibility index (Phi) is 6.23. The Morgan fingerprint density at radius 1 is 1.37 bits per heavy atom. The van der Waals surface area contributed by atoms with E-state index in [2.05, 4.69) is 11.6 Å². The zero-order valence-electron chi connectivity index (χ0n) is 12.4. The van der Waals surface area contributed by atoms with Crippen LogP contribution in [0.5, 0.6) is 0 Å². The predicted molar refractivity (Wildman–Crippen MR) is 77.0 cm³/mol. The van der Waals surface area contributed by atoms with Crippen molar-refractivity contribution in [2.24, 2.45) is 5.92 Å². The molecule has 6 heteroatoms. The smallest absolute Gasteiger partial charge is 0.279 e. The predicted octanol–water partition coefficient (Wildman–Crippen LogP) is 1.49. The lowest BCUT2D eigenvalue weighted by molar-refractivity contribution is -0.00207. The van der Waals surface area contributed by atoms with E-state index in [-0.39, 0.29) is 6.54 Å². The van der Waals surface area contributed by atoms with Crippen molar-refractivity contribution >= 4 is 10.2 Å². The van der Waals surface area contributed by atoms with Gasteiger partial charge >= 0.3 is 0 Å². The minimum absolute atomic E-state index is 0.124. The molecular formula is C13H28N2O3S. The molecule has 0 heterocycles. The quantitative estimate of drug-likeness (QED) is 0.747. The van der Waals surface area contributed by atoms with Crippen molar-refractivity contribution in [2.75, 3.05) is 20.1 Å². The Labute approximate surface area is 117 Å². The Balaban J connectivity index is 2.46. The van der Waals surface area contributed by atoms with Crippen LogP contribution in [0.1, 0.15) is 52.4 Å². The zero-order valence-corrected chi connectivity index (χ0v) is 13.2. The van der Waals surface area contributed by atoms with E-state index in [4.69, 9.17) is 0 Å². The fraction of sp³-hybridized carbons (Fsp3) is 1.00. The van der Waals surface area contributed by atoms with Gasteiger partial charge in [0.25, 0.3) is 10.2 Å². The van der Waals surface area contributed by atoms with Gasteiger partial charge in [-0.2, -0.15) is 17.4 Å². The molecule has 0 spiro atoms. The summed E-state index contributed by atoms with van der Waals surface area (Å²) in [4.78, 5) is 0. The van der Waals surface area contributed by atoms with E-state index >= 15 is 0 Å². The number of rotatable bonds is 7. The lowest BCUT2D eigenvalue weighted by Crippen LogP contribution is -2.48. The summed E-state index contributed by atoms with van der Waals surface area (Å²) in [6.07, 6.45) is 5.08. The Morgan fingerprint density at radius 2 is 1.95 bits per heavy atom. The fourth-order valence-electron chi connectivity index (χ4n) is 2.31. The highest BCUT2D eigenvalue weighted by atomic mass is 32.2. The second-order valence-corrected chi connectivity index (χ2v) is 7.77. The van der Waals surface area contributed by atoms with Crippen LogP contribution in [0, 0.1) is 5.92 Å². The molecule has 114 valence electrons. The summed E-state index contributed by atoms with van der Waals surface area (Å²) in [6.45, 7) is 4.84. The van der Waals surface area contributed by atoms with Crippen LogP contribution >= 0.6 is 0 Å². The standard InChI is InChI=1S/C13H28N2O3S/c1-4-5-10-15(3)19(17,18)14-11-13(16)8-6-12(2)7-9-13/h12,14,16H,4-11H2,1-3H3. The molecule has 0 atom stereocenters. The van der Waals surface area contributed by atoms with Crippen molar-refractivity contribution in [3.05, 3.63) is 0 Å². The summed E-state index contributed by atoms with van der Waals surface area (Å²) in [5.41, 5.74) is -0.870. The summed E-state index contributed by atoms with van der Waals surface area (Å²) >= 11 is 0. The van der Waals surface area contributed by atoms with Crippen molar-refractivity contribution in [1.29, 1.82) is 0 Å². The van der Waals surface area contributed by atoms with Crippen LogP contribution in [0.3, 0.4) is 0 Å². The van der Waals surface area contributed by atoms with E-state index in [0.717, 1.165) is 25.7 Å². The van der Waals surface area contributed by atoms with Crippen LogP contribution < -0.4 is 4.72 Å². The normalized spacial score (nSPS) is 28.8. The first kappa shape index (κ1) is 16.9. The van der Waals surface area contributed by atoms with Gasteiger partial charge in [-0.15, -0.1) is 0 Å². The molecule has 0 bridgehead atoms. The van der Waals surface area contributed by atoms with Crippen molar-refractivity contribution < 1.29 is 13.5 Å². The molecule has 1 aliphatic rings. The summed E-state index contributed by atoms with van der Waals surface area (Å²) < 4.78 is 27.8. The highest BCUT2D eigenvalue weighted by molar-refractivity contribution is 7.87. The molecule has 0 unspecified atom stereocenters. The lowest BCUT2D eigenvalue weighted by Gasteiger charge is -2.35. The van der Waals surface area contributed by atoms with Crippen molar-refractivity contribution in [3.8, 4) is 0 Å². The molecule has 0 amide bonds. The van der Waals surface area contributed by atoms with Gasteiger partial charge in [0.2, 0.25) is 0 Å². The average molecular weight is 292 g/mol. The first-order chi connectivity index (χ1) is 8.79. The molecule has 0 aromatic carbocycles. The highest BCUT2D eigenvalue weighted by Gasteiger charge is 2.33. The third-order valence-electron chi connectivity index (χ3n) is 4.03. The van der Waals surface area contributed by atoms with Gasteiger partial charge in [0.1, 0.15) is 0 Å². The van der Waals surface area contributed by atoms with Gasteiger partial charge in [-0.1, -0.05) is 20.3 Å².